The molecule has 0 fully saturated rings. The van der Waals surface area contributed by atoms with Gasteiger partial charge in [0.05, 0.1) is 0 Å². The number of anilines is 1. The van der Waals surface area contributed by atoms with Gasteiger partial charge in [-0.05, 0) is 30.3 Å². The van der Waals surface area contributed by atoms with Crippen LogP contribution >= 0.6 is 27.5 Å². The highest BCUT2D eigenvalue weighted by atomic mass is 79.9. The van der Waals surface area contributed by atoms with Gasteiger partial charge >= 0.3 is 0 Å². The molecule has 6 nitrogen and oxygen atoms in total. The van der Waals surface area contributed by atoms with Gasteiger partial charge in [0, 0.05) is 15.1 Å². The minimum Gasteiger partial charge on any atom is -0.484 e. The fourth-order valence-electron chi connectivity index (χ4n) is 1.93. The van der Waals surface area contributed by atoms with E-state index in [1.165, 1.54) is 0 Å². The number of nitrogens with one attached hydrogen (secondary N) is 2. The number of nitrogens with zero attached hydrogens (tertiary/aromatic N) is 2. The van der Waals surface area contributed by atoms with E-state index in [9.17, 15) is 4.79 Å². The van der Waals surface area contributed by atoms with Crippen LogP contribution in [-0.2, 0) is 4.79 Å². The molecule has 8 heteroatoms. The Morgan fingerprint density at radius 2 is 1.96 bits per heavy atom. The summed E-state index contributed by atoms with van der Waals surface area (Å²) in [6, 6.07) is 14.3. The molecule has 1 aromatic heterocycles. The lowest BCUT2D eigenvalue weighted by atomic mass is 10.2. The number of halogens is 2. The summed E-state index contributed by atoms with van der Waals surface area (Å²) in [7, 11) is 0. The molecule has 0 saturated heterocycles. The molecule has 1 amide bonds. The number of hydrogen-bond donors (Lipinski definition) is 2. The Balaban J connectivity index is 1.59. The first kappa shape index (κ1) is 16.5. The Kier molecular flexibility index (Phi) is 5.12. The SMILES string of the molecule is O=C(COc1ccc(Cl)cc1)Nc1n[nH]c(-c2ccccc2Br)n1. The van der Waals surface area contributed by atoms with Gasteiger partial charge in [-0.1, -0.05) is 45.7 Å². The van der Waals surface area contributed by atoms with Gasteiger partial charge in [0.1, 0.15) is 5.75 Å². The lowest BCUT2D eigenvalue weighted by Crippen LogP contribution is -2.20. The van der Waals surface area contributed by atoms with Gasteiger partial charge in [-0.25, -0.2) is 0 Å². The molecule has 0 unspecified atom stereocenters. The van der Waals surface area contributed by atoms with Gasteiger partial charge in [0.25, 0.3) is 5.91 Å². The van der Waals surface area contributed by atoms with Gasteiger partial charge in [0.2, 0.25) is 5.95 Å². The Labute approximate surface area is 151 Å². The molecule has 3 rings (SSSR count). The molecule has 24 heavy (non-hydrogen) atoms. The summed E-state index contributed by atoms with van der Waals surface area (Å²) in [5.74, 6) is 0.933. The summed E-state index contributed by atoms with van der Waals surface area (Å²) in [5.41, 5.74) is 0.850. The third kappa shape index (κ3) is 4.12. The van der Waals surface area contributed by atoms with E-state index in [0.717, 1.165) is 10.0 Å². The van der Waals surface area contributed by atoms with Crippen molar-refractivity contribution in [3.8, 4) is 17.1 Å². The molecule has 0 spiro atoms. The highest BCUT2D eigenvalue weighted by Crippen LogP contribution is 2.25. The average molecular weight is 408 g/mol. The molecule has 0 aliphatic carbocycles. The maximum atomic E-state index is 11.9. The van der Waals surface area contributed by atoms with Crippen LogP contribution in [0.25, 0.3) is 11.4 Å². The molecule has 0 radical (unpaired) electrons. The third-order valence-electron chi connectivity index (χ3n) is 3.05. The van der Waals surface area contributed by atoms with Crippen LogP contribution in [0, 0.1) is 0 Å². The molecule has 1 heterocycles. The molecule has 0 bridgehead atoms. The number of carbonyl (C=O) groups excluding carboxylic acids is 1. The quantitative estimate of drug-likeness (QED) is 0.672. The maximum Gasteiger partial charge on any atom is 0.264 e. The minimum absolute atomic E-state index is 0.152. The monoisotopic (exact) mass is 406 g/mol. The second-order valence-electron chi connectivity index (χ2n) is 4.78. The number of H-pyrrole nitrogens is 1. The van der Waals surface area contributed by atoms with E-state index >= 15 is 0 Å². The second-order valence-corrected chi connectivity index (χ2v) is 6.07. The van der Waals surface area contributed by atoms with E-state index in [4.69, 9.17) is 16.3 Å². The number of aromatic nitrogens is 3. The number of carbonyl (C=O) groups is 1. The van der Waals surface area contributed by atoms with Crippen molar-refractivity contribution in [2.24, 2.45) is 0 Å². The summed E-state index contributed by atoms with van der Waals surface area (Å²) < 4.78 is 6.24. The molecular weight excluding hydrogens is 396 g/mol. The van der Waals surface area contributed by atoms with Crippen LogP contribution in [0.3, 0.4) is 0 Å². The number of ether oxygens (including phenoxy) is 1. The average Bonchev–Trinajstić information content (AvgIpc) is 3.03. The van der Waals surface area contributed by atoms with E-state index in [1.54, 1.807) is 24.3 Å². The first-order valence-electron chi connectivity index (χ1n) is 6.97. The zero-order valence-corrected chi connectivity index (χ0v) is 14.6. The fourth-order valence-corrected chi connectivity index (χ4v) is 2.53. The van der Waals surface area contributed by atoms with Gasteiger partial charge in [-0.2, -0.15) is 4.98 Å². The second kappa shape index (κ2) is 7.46. The van der Waals surface area contributed by atoms with Crippen LogP contribution in [0.15, 0.2) is 53.0 Å². The van der Waals surface area contributed by atoms with Gasteiger partial charge in [-0.3, -0.25) is 15.2 Å². The smallest absolute Gasteiger partial charge is 0.264 e. The van der Waals surface area contributed by atoms with E-state index in [-0.39, 0.29) is 18.5 Å². The summed E-state index contributed by atoms with van der Waals surface area (Å²) in [4.78, 5) is 16.1. The van der Waals surface area contributed by atoms with E-state index < -0.39 is 0 Å². The van der Waals surface area contributed by atoms with Crippen LogP contribution < -0.4 is 10.1 Å². The molecule has 3 aromatic rings. The van der Waals surface area contributed by atoms with E-state index in [1.807, 2.05) is 24.3 Å². The zero-order chi connectivity index (χ0) is 16.9. The normalized spacial score (nSPS) is 10.4. The van der Waals surface area contributed by atoms with Crippen molar-refractivity contribution < 1.29 is 9.53 Å². The Bertz CT molecular complexity index is 851. The lowest BCUT2D eigenvalue weighted by molar-refractivity contribution is -0.118. The molecule has 0 aliphatic rings. The van der Waals surface area contributed by atoms with Crippen molar-refractivity contribution in [1.82, 2.24) is 15.2 Å². The first-order chi connectivity index (χ1) is 11.6. The topological polar surface area (TPSA) is 79.9 Å². The summed E-state index contributed by atoms with van der Waals surface area (Å²) in [6.45, 7) is -0.152. The van der Waals surface area contributed by atoms with Crippen LogP contribution in [0.2, 0.25) is 5.02 Å². The van der Waals surface area contributed by atoms with Crippen molar-refractivity contribution >= 4 is 39.4 Å². The van der Waals surface area contributed by atoms with Crippen LogP contribution in [0.5, 0.6) is 5.75 Å². The largest absolute Gasteiger partial charge is 0.484 e. The minimum atomic E-state index is -0.359. The molecule has 0 saturated carbocycles. The third-order valence-corrected chi connectivity index (χ3v) is 3.99. The van der Waals surface area contributed by atoms with Crippen molar-refractivity contribution in [3.63, 3.8) is 0 Å². The Morgan fingerprint density at radius 1 is 1.21 bits per heavy atom. The maximum absolute atomic E-state index is 11.9. The standard InChI is InChI=1S/C16H12BrClN4O2/c17-13-4-2-1-3-12(13)15-20-16(22-21-15)19-14(23)9-24-11-7-5-10(18)6-8-11/h1-8H,9H2,(H2,19,20,21,22,23). The van der Waals surface area contributed by atoms with Crippen molar-refractivity contribution in [2.45, 2.75) is 0 Å². The predicted molar refractivity (Wildman–Crippen MR) is 95.1 cm³/mol. The fraction of sp³-hybridized carbons (Fsp3) is 0.0625. The summed E-state index contributed by atoms with van der Waals surface area (Å²) in [5, 5.41) is 9.94. The van der Waals surface area contributed by atoms with Gasteiger partial charge in [-0.15, -0.1) is 5.10 Å². The van der Waals surface area contributed by atoms with Crippen LogP contribution in [0.4, 0.5) is 5.95 Å². The van der Waals surface area contributed by atoms with Crippen molar-refractivity contribution in [2.75, 3.05) is 11.9 Å². The van der Waals surface area contributed by atoms with Gasteiger partial charge < -0.3 is 4.74 Å². The zero-order valence-electron chi connectivity index (χ0n) is 12.3. The number of amides is 1. The highest BCUT2D eigenvalue weighted by Gasteiger charge is 2.11. The molecule has 122 valence electrons. The van der Waals surface area contributed by atoms with E-state index in [0.29, 0.717) is 16.6 Å². The van der Waals surface area contributed by atoms with E-state index in [2.05, 4.69) is 36.4 Å². The number of rotatable bonds is 5. The van der Waals surface area contributed by atoms with Crippen LogP contribution in [0.1, 0.15) is 0 Å². The number of hydrogen-bond acceptors (Lipinski definition) is 4. The first-order valence-corrected chi connectivity index (χ1v) is 8.14. The Hall–Kier alpha value is -2.38. The molecule has 2 aromatic carbocycles. The molecule has 0 atom stereocenters. The predicted octanol–water partition coefficient (Wildman–Crippen LogP) is 3.91. The Morgan fingerprint density at radius 3 is 2.71 bits per heavy atom. The van der Waals surface area contributed by atoms with Crippen LogP contribution in [-0.4, -0.2) is 27.7 Å². The highest BCUT2D eigenvalue weighted by molar-refractivity contribution is 9.10. The summed E-state index contributed by atoms with van der Waals surface area (Å²) >= 11 is 9.23. The summed E-state index contributed by atoms with van der Waals surface area (Å²) in [6.07, 6.45) is 0. The number of aromatic amines is 1. The van der Waals surface area contributed by atoms with Gasteiger partial charge in [0.15, 0.2) is 12.4 Å². The van der Waals surface area contributed by atoms with Crippen molar-refractivity contribution in [3.05, 3.63) is 58.0 Å². The van der Waals surface area contributed by atoms with Crippen molar-refractivity contribution in [1.29, 1.82) is 0 Å². The molecule has 0 aliphatic heterocycles. The molecule has 2 N–H and O–H groups in total. The lowest BCUT2D eigenvalue weighted by Gasteiger charge is -2.05. The number of benzene rings is 2. The molecular formula is C16H12BrClN4O2.